The molecule has 0 saturated carbocycles. The molecule has 0 radical (unpaired) electrons. The van der Waals surface area contributed by atoms with E-state index in [0.29, 0.717) is 0 Å². The Morgan fingerprint density at radius 2 is 1.95 bits per heavy atom. The van der Waals surface area contributed by atoms with E-state index in [1.165, 1.54) is 18.2 Å². The molecule has 1 aromatic carbocycles. The Kier molecular flexibility index (Phi) is 5.34. The molecule has 1 aromatic rings. The lowest BCUT2D eigenvalue weighted by Gasteiger charge is -2.16. The van der Waals surface area contributed by atoms with Crippen molar-refractivity contribution >= 4 is 17.7 Å². The zero-order valence-corrected chi connectivity index (χ0v) is 10.8. The van der Waals surface area contributed by atoms with Crippen molar-refractivity contribution in [2.24, 2.45) is 0 Å². The van der Waals surface area contributed by atoms with Crippen LogP contribution in [0.1, 0.15) is 12.0 Å². The van der Waals surface area contributed by atoms with Crippen LogP contribution >= 0.6 is 0 Å². The second-order valence-corrected chi connectivity index (χ2v) is 4.06. The molecule has 0 aliphatic rings. The standard InChI is InChI=1S/C13H13F3N2O3/c1-2-5-10(11(19)20)18-12(21)17-9-7-4-3-6-8(9)13(14,15)16/h2-4,6-7,10H,1,5H2,(H,19,20)(H2,17,18,21). The first-order valence-corrected chi connectivity index (χ1v) is 5.83. The van der Waals surface area contributed by atoms with Crippen LogP contribution in [0.3, 0.4) is 0 Å². The van der Waals surface area contributed by atoms with Crippen LogP contribution in [-0.4, -0.2) is 23.1 Å². The van der Waals surface area contributed by atoms with Crippen LogP contribution in [0, 0.1) is 0 Å². The van der Waals surface area contributed by atoms with E-state index in [1.807, 2.05) is 5.32 Å². The molecule has 0 aliphatic carbocycles. The number of amides is 2. The van der Waals surface area contributed by atoms with Crippen molar-refractivity contribution in [1.82, 2.24) is 5.32 Å². The molecule has 0 spiro atoms. The summed E-state index contributed by atoms with van der Waals surface area (Å²) in [7, 11) is 0. The highest BCUT2D eigenvalue weighted by atomic mass is 19.4. The van der Waals surface area contributed by atoms with Gasteiger partial charge >= 0.3 is 18.2 Å². The summed E-state index contributed by atoms with van der Waals surface area (Å²) in [6.45, 7) is 3.34. The molecule has 0 saturated heterocycles. The van der Waals surface area contributed by atoms with E-state index in [4.69, 9.17) is 5.11 Å². The van der Waals surface area contributed by atoms with Gasteiger partial charge in [0.2, 0.25) is 0 Å². The third-order valence-electron chi connectivity index (χ3n) is 2.49. The van der Waals surface area contributed by atoms with Gasteiger partial charge in [0.05, 0.1) is 11.3 Å². The molecule has 1 unspecified atom stereocenters. The highest BCUT2D eigenvalue weighted by Gasteiger charge is 2.33. The summed E-state index contributed by atoms with van der Waals surface area (Å²) in [5.74, 6) is -1.31. The number of halogens is 3. The van der Waals surface area contributed by atoms with Crippen LogP contribution < -0.4 is 10.6 Å². The number of aliphatic carboxylic acids is 1. The minimum atomic E-state index is -4.63. The number of hydrogen-bond acceptors (Lipinski definition) is 2. The van der Waals surface area contributed by atoms with Crippen LogP contribution in [0.25, 0.3) is 0 Å². The van der Waals surface area contributed by atoms with Crippen molar-refractivity contribution in [2.45, 2.75) is 18.6 Å². The van der Waals surface area contributed by atoms with E-state index in [1.54, 1.807) is 0 Å². The van der Waals surface area contributed by atoms with Gasteiger partial charge in [-0.1, -0.05) is 18.2 Å². The van der Waals surface area contributed by atoms with Gasteiger partial charge in [-0.3, -0.25) is 0 Å². The molecule has 1 atom stereocenters. The van der Waals surface area contributed by atoms with Gasteiger partial charge < -0.3 is 15.7 Å². The molecular weight excluding hydrogens is 289 g/mol. The van der Waals surface area contributed by atoms with Crippen LogP contribution in [-0.2, 0) is 11.0 Å². The summed E-state index contributed by atoms with van der Waals surface area (Å²) in [5.41, 5.74) is -1.47. The van der Waals surface area contributed by atoms with Gasteiger partial charge in [0.15, 0.2) is 0 Å². The molecule has 0 aliphatic heterocycles. The molecular formula is C13H13F3N2O3. The second-order valence-electron chi connectivity index (χ2n) is 4.06. The fourth-order valence-electron chi connectivity index (χ4n) is 1.54. The Morgan fingerprint density at radius 3 is 2.48 bits per heavy atom. The normalized spacial score (nSPS) is 12.3. The summed E-state index contributed by atoms with van der Waals surface area (Å²) >= 11 is 0. The number of carbonyl (C=O) groups is 2. The number of hydrogen-bond donors (Lipinski definition) is 3. The fraction of sp³-hybridized carbons (Fsp3) is 0.231. The van der Waals surface area contributed by atoms with E-state index in [2.05, 4.69) is 11.9 Å². The maximum Gasteiger partial charge on any atom is 0.418 e. The van der Waals surface area contributed by atoms with Gasteiger partial charge in [-0.15, -0.1) is 6.58 Å². The molecule has 3 N–H and O–H groups in total. The molecule has 21 heavy (non-hydrogen) atoms. The Balaban J connectivity index is 2.84. The maximum atomic E-state index is 12.7. The summed E-state index contributed by atoms with van der Waals surface area (Å²) in [5, 5.41) is 12.9. The molecule has 0 bridgehead atoms. The molecule has 114 valence electrons. The Morgan fingerprint density at radius 1 is 1.33 bits per heavy atom. The van der Waals surface area contributed by atoms with Crippen molar-refractivity contribution in [2.75, 3.05) is 5.32 Å². The van der Waals surface area contributed by atoms with E-state index >= 15 is 0 Å². The van der Waals surface area contributed by atoms with Crippen molar-refractivity contribution in [3.63, 3.8) is 0 Å². The highest BCUT2D eigenvalue weighted by Crippen LogP contribution is 2.34. The maximum absolute atomic E-state index is 12.7. The lowest BCUT2D eigenvalue weighted by atomic mass is 10.1. The number of anilines is 1. The van der Waals surface area contributed by atoms with E-state index in [-0.39, 0.29) is 6.42 Å². The van der Waals surface area contributed by atoms with Gasteiger partial charge in [0.1, 0.15) is 6.04 Å². The van der Waals surface area contributed by atoms with Crippen molar-refractivity contribution in [3.05, 3.63) is 42.5 Å². The number of carboxylic acid groups (broad SMARTS) is 1. The van der Waals surface area contributed by atoms with E-state index in [0.717, 1.165) is 12.1 Å². The zero-order valence-electron chi connectivity index (χ0n) is 10.8. The second kappa shape index (κ2) is 6.78. The number of alkyl halides is 3. The minimum absolute atomic E-state index is 0.0519. The average Bonchev–Trinajstić information content (AvgIpc) is 2.37. The molecule has 8 heteroatoms. The highest BCUT2D eigenvalue weighted by molar-refractivity contribution is 5.93. The third kappa shape index (κ3) is 4.83. The molecule has 1 rings (SSSR count). The molecule has 2 amide bonds. The summed E-state index contributed by atoms with van der Waals surface area (Å²) in [6.07, 6.45) is -3.40. The first-order chi connectivity index (χ1) is 9.75. The summed E-state index contributed by atoms with van der Waals surface area (Å²) < 4.78 is 38.2. The van der Waals surface area contributed by atoms with Crippen molar-refractivity contribution in [1.29, 1.82) is 0 Å². The number of urea groups is 1. The Hall–Kier alpha value is -2.51. The van der Waals surface area contributed by atoms with Crippen molar-refractivity contribution < 1.29 is 27.9 Å². The topological polar surface area (TPSA) is 78.4 Å². The van der Waals surface area contributed by atoms with Crippen LogP contribution in [0.4, 0.5) is 23.7 Å². The quantitative estimate of drug-likeness (QED) is 0.732. The van der Waals surface area contributed by atoms with Crippen LogP contribution in [0.15, 0.2) is 36.9 Å². The monoisotopic (exact) mass is 302 g/mol. The van der Waals surface area contributed by atoms with Crippen molar-refractivity contribution in [3.8, 4) is 0 Å². The fourth-order valence-corrected chi connectivity index (χ4v) is 1.54. The molecule has 5 nitrogen and oxygen atoms in total. The number of rotatable bonds is 5. The van der Waals surface area contributed by atoms with Gasteiger partial charge in [0, 0.05) is 0 Å². The number of carbonyl (C=O) groups excluding carboxylic acids is 1. The largest absolute Gasteiger partial charge is 0.480 e. The predicted octanol–water partition coefficient (Wildman–Crippen LogP) is 2.86. The molecule has 0 heterocycles. The first kappa shape index (κ1) is 16.5. The number of nitrogens with one attached hydrogen (secondary N) is 2. The summed E-state index contributed by atoms with van der Waals surface area (Å²) in [4.78, 5) is 22.4. The van der Waals surface area contributed by atoms with Gasteiger partial charge in [-0.05, 0) is 18.6 Å². The van der Waals surface area contributed by atoms with Gasteiger partial charge in [0.25, 0.3) is 0 Å². The first-order valence-electron chi connectivity index (χ1n) is 5.83. The lowest BCUT2D eigenvalue weighted by molar-refractivity contribution is -0.139. The number of carboxylic acids is 1. The molecule has 0 fully saturated rings. The van der Waals surface area contributed by atoms with E-state index in [9.17, 15) is 22.8 Å². The number of para-hydroxylation sites is 1. The summed E-state index contributed by atoms with van der Waals surface area (Å²) in [6, 6.07) is 2.09. The van der Waals surface area contributed by atoms with Gasteiger partial charge in [-0.25, -0.2) is 9.59 Å². The third-order valence-corrected chi connectivity index (χ3v) is 2.49. The average molecular weight is 302 g/mol. The van der Waals surface area contributed by atoms with Gasteiger partial charge in [-0.2, -0.15) is 13.2 Å². The number of benzene rings is 1. The lowest BCUT2D eigenvalue weighted by Crippen LogP contribution is -2.42. The SMILES string of the molecule is C=CCC(NC(=O)Nc1ccccc1C(F)(F)F)C(=O)O. The Bertz CT molecular complexity index is 544. The molecule has 0 aromatic heterocycles. The zero-order chi connectivity index (χ0) is 16.0. The predicted molar refractivity (Wildman–Crippen MR) is 69.8 cm³/mol. The van der Waals surface area contributed by atoms with Crippen LogP contribution in [0.2, 0.25) is 0 Å². The van der Waals surface area contributed by atoms with E-state index < -0.39 is 35.5 Å². The van der Waals surface area contributed by atoms with Crippen LogP contribution in [0.5, 0.6) is 0 Å². The minimum Gasteiger partial charge on any atom is -0.480 e. The Labute approximate surface area is 118 Å². The smallest absolute Gasteiger partial charge is 0.418 e.